The van der Waals surface area contributed by atoms with Crippen molar-refractivity contribution in [2.45, 2.75) is 58.4 Å². The zero-order valence-corrected chi connectivity index (χ0v) is 16.7. The number of thiophene rings is 1. The molecule has 4 heteroatoms. The van der Waals surface area contributed by atoms with Crippen molar-refractivity contribution >= 4 is 17.3 Å². The molecule has 1 aliphatic carbocycles. The highest BCUT2D eigenvalue weighted by atomic mass is 32.1. The number of esters is 1. The van der Waals surface area contributed by atoms with Gasteiger partial charge in [-0.25, -0.2) is 0 Å². The fraction of sp³-hybridized carbons (Fsp3) is 0.500. The van der Waals surface area contributed by atoms with Crippen LogP contribution in [-0.2, 0) is 24.1 Å². The van der Waals surface area contributed by atoms with Crippen LogP contribution in [0.5, 0.6) is 5.75 Å². The minimum Gasteiger partial charge on any atom is -0.426 e. The van der Waals surface area contributed by atoms with E-state index in [0.717, 1.165) is 38.1 Å². The van der Waals surface area contributed by atoms with E-state index in [1.54, 1.807) is 0 Å². The molecule has 140 valence electrons. The molecule has 1 aromatic heterocycles. The molecule has 0 saturated heterocycles. The Balaban J connectivity index is 1.72. The van der Waals surface area contributed by atoms with Crippen molar-refractivity contribution in [2.24, 2.45) is 0 Å². The van der Waals surface area contributed by atoms with Crippen LogP contribution in [0.3, 0.4) is 0 Å². The fourth-order valence-corrected chi connectivity index (χ4v) is 4.51. The Morgan fingerprint density at radius 2 is 2.12 bits per heavy atom. The Kier molecular flexibility index (Phi) is 6.86. The fourth-order valence-electron chi connectivity index (χ4n) is 3.81. The lowest BCUT2D eigenvalue weighted by Crippen LogP contribution is -2.41. The van der Waals surface area contributed by atoms with Gasteiger partial charge in [0.25, 0.3) is 0 Å². The standard InChI is InChI=1S/C22H29NO2S/c1-3-13-23(14-12-19-8-6-15-26-19)18-11-10-17-7-5-9-21(20(17)16-18)25-22(24)4-2/h5-9,15,18H,3-4,10-14,16H2,1-2H3. The molecule has 0 spiro atoms. The average molecular weight is 372 g/mol. The van der Waals surface area contributed by atoms with Gasteiger partial charge in [-0.05, 0) is 67.3 Å². The number of ether oxygens (including phenoxy) is 1. The Bertz CT molecular complexity index is 711. The highest BCUT2D eigenvalue weighted by molar-refractivity contribution is 7.09. The molecule has 2 aromatic rings. The second kappa shape index (κ2) is 9.33. The predicted octanol–water partition coefficient (Wildman–Crippen LogP) is 4.88. The molecule has 1 atom stereocenters. The minimum atomic E-state index is -0.149. The van der Waals surface area contributed by atoms with Crippen LogP contribution in [-0.4, -0.2) is 30.0 Å². The van der Waals surface area contributed by atoms with E-state index in [1.807, 2.05) is 30.4 Å². The van der Waals surface area contributed by atoms with Gasteiger partial charge in [0, 0.05) is 23.9 Å². The Morgan fingerprint density at radius 1 is 1.23 bits per heavy atom. The van der Waals surface area contributed by atoms with Crippen LogP contribution < -0.4 is 4.74 Å². The third-order valence-electron chi connectivity index (χ3n) is 5.18. The maximum atomic E-state index is 11.8. The smallest absolute Gasteiger partial charge is 0.310 e. The van der Waals surface area contributed by atoms with Crippen molar-refractivity contribution in [2.75, 3.05) is 13.1 Å². The van der Waals surface area contributed by atoms with Crippen molar-refractivity contribution in [1.29, 1.82) is 0 Å². The lowest BCUT2D eigenvalue weighted by Gasteiger charge is -2.35. The molecule has 3 rings (SSSR count). The van der Waals surface area contributed by atoms with Crippen molar-refractivity contribution in [3.8, 4) is 5.75 Å². The summed E-state index contributed by atoms with van der Waals surface area (Å²) in [6, 6.07) is 11.0. The number of aryl methyl sites for hydroxylation is 1. The van der Waals surface area contributed by atoms with Gasteiger partial charge in [0.05, 0.1) is 0 Å². The lowest BCUT2D eigenvalue weighted by atomic mass is 9.86. The van der Waals surface area contributed by atoms with Crippen LogP contribution in [0.4, 0.5) is 0 Å². The van der Waals surface area contributed by atoms with Crippen molar-refractivity contribution < 1.29 is 9.53 Å². The number of rotatable bonds is 8. The van der Waals surface area contributed by atoms with E-state index in [9.17, 15) is 4.79 Å². The van der Waals surface area contributed by atoms with Gasteiger partial charge in [0.2, 0.25) is 0 Å². The zero-order chi connectivity index (χ0) is 18.4. The first kappa shape index (κ1) is 19.1. The normalized spacial score (nSPS) is 16.5. The molecule has 0 aliphatic heterocycles. The molecular weight excluding hydrogens is 342 g/mol. The number of carbonyl (C=O) groups is 1. The molecule has 3 nitrogen and oxygen atoms in total. The maximum absolute atomic E-state index is 11.8. The van der Waals surface area contributed by atoms with E-state index in [1.165, 1.54) is 28.8 Å². The highest BCUT2D eigenvalue weighted by Crippen LogP contribution is 2.32. The van der Waals surface area contributed by atoms with Crippen LogP contribution >= 0.6 is 11.3 Å². The molecule has 0 fully saturated rings. The molecular formula is C22H29NO2S. The van der Waals surface area contributed by atoms with Crippen molar-refractivity contribution in [3.05, 3.63) is 51.7 Å². The Hall–Kier alpha value is -1.65. The van der Waals surface area contributed by atoms with Crippen LogP contribution in [0.15, 0.2) is 35.7 Å². The van der Waals surface area contributed by atoms with Crippen LogP contribution in [0, 0.1) is 0 Å². The van der Waals surface area contributed by atoms with E-state index < -0.39 is 0 Å². The largest absolute Gasteiger partial charge is 0.426 e. The van der Waals surface area contributed by atoms with Gasteiger partial charge in [-0.3, -0.25) is 9.69 Å². The van der Waals surface area contributed by atoms with E-state index in [0.29, 0.717) is 12.5 Å². The maximum Gasteiger partial charge on any atom is 0.310 e. The molecule has 26 heavy (non-hydrogen) atoms. The number of nitrogens with zero attached hydrogens (tertiary/aromatic N) is 1. The van der Waals surface area contributed by atoms with Gasteiger partial charge in [-0.15, -0.1) is 11.3 Å². The molecule has 1 aliphatic rings. The number of carbonyl (C=O) groups excluding carboxylic acids is 1. The summed E-state index contributed by atoms with van der Waals surface area (Å²) in [6.45, 7) is 6.32. The van der Waals surface area contributed by atoms with Crippen LogP contribution in [0.25, 0.3) is 0 Å². The summed E-state index contributed by atoms with van der Waals surface area (Å²) in [4.78, 5) is 15.9. The van der Waals surface area contributed by atoms with E-state index >= 15 is 0 Å². The van der Waals surface area contributed by atoms with Crippen LogP contribution in [0.2, 0.25) is 0 Å². The van der Waals surface area contributed by atoms with Crippen LogP contribution in [0.1, 0.15) is 49.1 Å². The first-order chi connectivity index (χ1) is 12.7. The number of fused-ring (bicyclic) bond motifs is 1. The zero-order valence-electron chi connectivity index (χ0n) is 15.9. The summed E-state index contributed by atoms with van der Waals surface area (Å²) in [5.74, 6) is 0.623. The highest BCUT2D eigenvalue weighted by Gasteiger charge is 2.26. The SMILES string of the molecule is CCCN(CCc1cccs1)C1CCc2cccc(OC(=O)CC)c2C1. The minimum absolute atomic E-state index is 0.149. The third-order valence-corrected chi connectivity index (χ3v) is 6.12. The molecule has 0 radical (unpaired) electrons. The van der Waals surface area contributed by atoms with E-state index in [2.05, 4.69) is 35.4 Å². The number of hydrogen-bond donors (Lipinski definition) is 0. The molecule has 0 bridgehead atoms. The van der Waals surface area contributed by atoms with E-state index in [-0.39, 0.29) is 5.97 Å². The summed E-state index contributed by atoms with van der Waals surface area (Å²) < 4.78 is 5.61. The molecule has 1 unspecified atom stereocenters. The molecule has 1 aromatic carbocycles. The average Bonchev–Trinajstić information content (AvgIpc) is 3.18. The summed E-state index contributed by atoms with van der Waals surface area (Å²) in [5, 5.41) is 2.16. The second-order valence-electron chi connectivity index (χ2n) is 6.98. The van der Waals surface area contributed by atoms with Gasteiger partial charge in [-0.1, -0.05) is 32.0 Å². The van der Waals surface area contributed by atoms with E-state index in [4.69, 9.17) is 4.74 Å². The van der Waals surface area contributed by atoms with Gasteiger partial charge >= 0.3 is 5.97 Å². The van der Waals surface area contributed by atoms with Crippen molar-refractivity contribution in [3.63, 3.8) is 0 Å². The molecule has 0 N–H and O–H groups in total. The summed E-state index contributed by atoms with van der Waals surface area (Å²) in [7, 11) is 0. The third kappa shape index (κ3) is 4.74. The predicted molar refractivity (Wildman–Crippen MR) is 108 cm³/mol. The van der Waals surface area contributed by atoms with Crippen molar-refractivity contribution in [1.82, 2.24) is 4.90 Å². The van der Waals surface area contributed by atoms with Gasteiger partial charge in [0.1, 0.15) is 5.75 Å². The topological polar surface area (TPSA) is 29.5 Å². The number of benzene rings is 1. The molecule has 0 saturated carbocycles. The summed E-state index contributed by atoms with van der Waals surface area (Å²) >= 11 is 1.85. The number of hydrogen-bond acceptors (Lipinski definition) is 4. The van der Waals surface area contributed by atoms with Gasteiger partial charge in [-0.2, -0.15) is 0 Å². The lowest BCUT2D eigenvalue weighted by molar-refractivity contribution is -0.134. The summed E-state index contributed by atoms with van der Waals surface area (Å²) in [5.41, 5.74) is 2.58. The molecule has 0 amide bonds. The first-order valence-corrected chi connectivity index (χ1v) is 10.7. The Morgan fingerprint density at radius 3 is 2.85 bits per heavy atom. The molecule has 1 heterocycles. The Labute approximate surface area is 161 Å². The van der Waals surface area contributed by atoms with Gasteiger partial charge in [0.15, 0.2) is 0 Å². The monoisotopic (exact) mass is 371 g/mol. The summed E-state index contributed by atoms with van der Waals surface area (Å²) in [6.07, 6.45) is 5.93. The first-order valence-electron chi connectivity index (χ1n) is 9.79. The quantitative estimate of drug-likeness (QED) is 0.489. The second-order valence-corrected chi connectivity index (χ2v) is 8.02. The van der Waals surface area contributed by atoms with Gasteiger partial charge < -0.3 is 4.74 Å².